The van der Waals surface area contributed by atoms with E-state index in [9.17, 15) is 9.59 Å². The molecule has 2 rings (SSSR count). The van der Waals surface area contributed by atoms with Crippen LogP contribution in [0.15, 0.2) is 42.5 Å². The minimum atomic E-state index is -0.568. The second-order valence-corrected chi connectivity index (χ2v) is 6.73. The third-order valence-corrected chi connectivity index (χ3v) is 3.32. The van der Waals surface area contributed by atoms with Crippen LogP contribution in [0.4, 0.5) is 16.2 Å². The van der Waals surface area contributed by atoms with Crippen LogP contribution in [0, 0.1) is 6.92 Å². The average Bonchev–Trinajstić information content (AvgIpc) is 2.49. The van der Waals surface area contributed by atoms with Crippen LogP contribution in [0.1, 0.15) is 36.7 Å². The predicted molar refractivity (Wildman–Crippen MR) is 101 cm³/mol. The van der Waals surface area contributed by atoms with Crippen LogP contribution in [0.3, 0.4) is 0 Å². The Morgan fingerprint density at radius 3 is 2.12 bits per heavy atom. The molecule has 2 aromatic carbocycles. The van der Waals surface area contributed by atoms with E-state index >= 15 is 0 Å². The third-order valence-electron chi connectivity index (χ3n) is 3.32. The molecule has 2 amide bonds. The van der Waals surface area contributed by atoms with E-state index in [0.717, 1.165) is 5.56 Å². The van der Waals surface area contributed by atoms with Gasteiger partial charge in [0.1, 0.15) is 13.4 Å². The Kier molecular flexibility index (Phi) is 5.52. The van der Waals surface area contributed by atoms with Crippen molar-refractivity contribution in [1.29, 1.82) is 0 Å². The summed E-state index contributed by atoms with van der Waals surface area (Å²) < 4.78 is 5.18. The second-order valence-electron chi connectivity index (χ2n) is 6.73. The number of benzene rings is 2. The van der Waals surface area contributed by atoms with Gasteiger partial charge in [-0.15, -0.1) is 0 Å². The van der Waals surface area contributed by atoms with Crippen LogP contribution in [-0.4, -0.2) is 25.4 Å². The Morgan fingerprint density at radius 1 is 0.960 bits per heavy atom. The zero-order valence-electron chi connectivity index (χ0n) is 14.8. The Morgan fingerprint density at radius 2 is 1.56 bits per heavy atom. The Bertz CT molecular complexity index is 780. The van der Waals surface area contributed by atoms with Crippen LogP contribution in [0.5, 0.6) is 0 Å². The van der Waals surface area contributed by atoms with Crippen LogP contribution in [0.2, 0.25) is 0 Å². The van der Waals surface area contributed by atoms with Crippen molar-refractivity contribution in [3.05, 3.63) is 53.6 Å². The molecule has 6 heteroatoms. The first kappa shape index (κ1) is 18.6. The molecule has 0 fully saturated rings. The fraction of sp³-hybridized carbons (Fsp3) is 0.263. The monoisotopic (exact) mass is 336 g/mol. The predicted octanol–water partition coefficient (Wildman–Crippen LogP) is 3.39. The van der Waals surface area contributed by atoms with Crippen LogP contribution in [0.25, 0.3) is 0 Å². The standard InChI is InChI=1S/C19H21BN2O3/c1-12-11-15(9-10-16(12)20)21-17(23)13-5-7-14(8-6-13)22-18(24)25-19(2,3)4/h5-11H,1-4H3,(H,21,23)(H,22,24). The van der Waals surface area contributed by atoms with E-state index in [1.54, 1.807) is 57.2 Å². The summed E-state index contributed by atoms with van der Waals surface area (Å²) in [5.41, 5.74) is 2.71. The summed E-state index contributed by atoms with van der Waals surface area (Å²) in [5.74, 6) is -0.243. The molecule has 0 saturated heterocycles. The average molecular weight is 336 g/mol. The second kappa shape index (κ2) is 7.42. The van der Waals surface area contributed by atoms with Crippen molar-refractivity contribution in [2.75, 3.05) is 10.6 Å². The summed E-state index contributed by atoms with van der Waals surface area (Å²) in [6, 6.07) is 11.9. The van der Waals surface area contributed by atoms with Gasteiger partial charge in [-0.1, -0.05) is 17.1 Å². The van der Waals surface area contributed by atoms with Crippen molar-refractivity contribution in [3.8, 4) is 0 Å². The fourth-order valence-corrected chi connectivity index (χ4v) is 2.08. The number of carbonyl (C=O) groups excluding carboxylic acids is 2. The molecular formula is C19H21BN2O3. The van der Waals surface area contributed by atoms with Gasteiger partial charge in [0.05, 0.1) is 0 Å². The number of ether oxygens (including phenoxy) is 1. The molecule has 128 valence electrons. The molecule has 0 atom stereocenters. The molecule has 0 aromatic heterocycles. The van der Waals surface area contributed by atoms with E-state index in [1.807, 2.05) is 13.0 Å². The largest absolute Gasteiger partial charge is 0.444 e. The minimum Gasteiger partial charge on any atom is -0.444 e. The molecule has 0 bridgehead atoms. The molecule has 2 N–H and O–H groups in total. The number of anilines is 2. The van der Waals surface area contributed by atoms with Gasteiger partial charge >= 0.3 is 6.09 Å². The van der Waals surface area contributed by atoms with E-state index in [4.69, 9.17) is 12.6 Å². The van der Waals surface area contributed by atoms with Gasteiger partial charge in [0.25, 0.3) is 5.91 Å². The molecule has 0 spiro atoms. The molecule has 25 heavy (non-hydrogen) atoms. The van der Waals surface area contributed by atoms with E-state index in [0.29, 0.717) is 22.4 Å². The maximum Gasteiger partial charge on any atom is 0.412 e. The zero-order chi connectivity index (χ0) is 18.6. The van der Waals surface area contributed by atoms with Crippen molar-refractivity contribution in [2.45, 2.75) is 33.3 Å². The molecule has 0 aliphatic heterocycles. The SMILES string of the molecule is [B]c1ccc(NC(=O)c2ccc(NC(=O)OC(C)(C)C)cc2)cc1C. The maximum absolute atomic E-state index is 12.3. The van der Waals surface area contributed by atoms with Gasteiger partial charge in [0.15, 0.2) is 0 Å². The van der Waals surface area contributed by atoms with E-state index < -0.39 is 11.7 Å². The number of rotatable bonds is 3. The molecular weight excluding hydrogens is 315 g/mol. The third kappa shape index (κ3) is 5.67. The highest BCUT2D eigenvalue weighted by Gasteiger charge is 2.16. The number of carbonyl (C=O) groups is 2. The lowest BCUT2D eigenvalue weighted by molar-refractivity contribution is 0.0636. The van der Waals surface area contributed by atoms with E-state index in [2.05, 4.69) is 10.6 Å². The Balaban J connectivity index is 2.00. The summed E-state index contributed by atoms with van der Waals surface area (Å²) in [6.07, 6.45) is -0.540. The first-order chi connectivity index (χ1) is 11.6. The van der Waals surface area contributed by atoms with Crippen molar-refractivity contribution >= 4 is 36.7 Å². The lowest BCUT2D eigenvalue weighted by Gasteiger charge is -2.19. The van der Waals surface area contributed by atoms with Crippen molar-refractivity contribution < 1.29 is 14.3 Å². The molecule has 0 aliphatic rings. The van der Waals surface area contributed by atoms with Crippen LogP contribution >= 0.6 is 0 Å². The fourth-order valence-electron chi connectivity index (χ4n) is 2.08. The van der Waals surface area contributed by atoms with Gasteiger partial charge < -0.3 is 10.1 Å². The molecule has 2 aromatic rings. The first-order valence-electron chi connectivity index (χ1n) is 7.91. The molecule has 2 radical (unpaired) electrons. The molecule has 5 nitrogen and oxygen atoms in total. The van der Waals surface area contributed by atoms with Gasteiger partial charge in [0, 0.05) is 16.9 Å². The van der Waals surface area contributed by atoms with Gasteiger partial charge in [-0.05, 0) is 64.1 Å². The topological polar surface area (TPSA) is 67.4 Å². The summed E-state index contributed by atoms with van der Waals surface area (Å²) in [7, 11) is 5.77. The van der Waals surface area contributed by atoms with Gasteiger partial charge in [-0.3, -0.25) is 10.1 Å². The minimum absolute atomic E-state index is 0.243. The first-order valence-corrected chi connectivity index (χ1v) is 7.91. The Hall–Kier alpha value is -2.76. The number of aryl methyl sites for hydroxylation is 1. The molecule has 0 aliphatic carbocycles. The number of hydrogen-bond donors (Lipinski definition) is 2. The number of hydrogen-bond acceptors (Lipinski definition) is 3. The summed E-state index contributed by atoms with van der Waals surface area (Å²) in [5, 5.41) is 5.43. The summed E-state index contributed by atoms with van der Waals surface area (Å²) in [6.45, 7) is 7.25. The smallest absolute Gasteiger partial charge is 0.412 e. The highest BCUT2D eigenvalue weighted by molar-refractivity contribution is 6.33. The zero-order valence-corrected chi connectivity index (χ0v) is 14.8. The van der Waals surface area contributed by atoms with Crippen molar-refractivity contribution in [3.63, 3.8) is 0 Å². The van der Waals surface area contributed by atoms with Crippen molar-refractivity contribution in [1.82, 2.24) is 0 Å². The summed E-state index contributed by atoms with van der Waals surface area (Å²) in [4.78, 5) is 24.0. The summed E-state index contributed by atoms with van der Waals surface area (Å²) >= 11 is 0. The van der Waals surface area contributed by atoms with Gasteiger partial charge in [-0.2, -0.15) is 0 Å². The Labute approximate surface area is 149 Å². The van der Waals surface area contributed by atoms with Crippen molar-refractivity contribution in [2.24, 2.45) is 0 Å². The molecule has 0 heterocycles. The molecule has 0 unspecified atom stereocenters. The molecule has 0 saturated carbocycles. The lowest BCUT2D eigenvalue weighted by Crippen LogP contribution is -2.27. The van der Waals surface area contributed by atoms with E-state index in [1.165, 1.54) is 0 Å². The van der Waals surface area contributed by atoms with Crippen LogP contribution < -0.4 is 16.1 Å². The normalized spacial score (nSPS) is 10.9. The lowest BCUT2D eigenvalue weighted by atomic mass is 9.91. The van der Waals surface area contributed by atoms with Gasteiger partial charge in [-0.25, -0.2) is 4.79 Å². The van der Waals surface area contributed by atoms with Crippen LogP contribution in [-0.2, 0) is 4.74 Å². The highest BCUT2D eigenvalue weighted by Crippen LogP contribution is 2.15. The van der Waals surface area contributed by atoms with Gasteiger partial charge in [0.2, 0.25) is 0 Å². The highest BCUT2D eigenvalue weighted by atomic mass is 16.6. The number of amides is 2. The quantitative estimate of drug-likeness (QED) is 0.845. The maximum atomic E-state index is 12.3. The van der Waals surface area contributed by atoms with E-state index in [-0.39, 0.29) is 5.91 Å². The number of nitrogens with one attached hydrogen (secondary N) is 2.